The van der Waals surface area contributed by atoms with Gasteiger partial charge in [-0.2, -0.15) is 4.98 Å². The Labute approximate surface area is 193 Å². The summed E-state index contributed by atoms with van der Waals surface area (Å²) in [5, 5.41) is 6.30. The highest BCUT2D eigenvalue weighted by molar-refractivity contribution is 5.97. The number of rotatable bonds is 5. The average Bonchev–Trinajstić information content (AvgIpc) is 2.92. The summed E-state index contributed by atoms with van der Waals surface area (Å²) >= 11 is 0. The molecule has 0 radical (unpaired) electrons. The highest BCUT2D eigenvalue weighted by Crippen LogP contribution is 2.32. The Hall–Kier alpha value is -3.40. The third kappa shape index (κ3) is 5.00. The Kier molecular flexibility index (Phi) is 6.64. The largest absolute Gasteiger partial charge is 0.495 e. The zero-order valence-electron chi connectivity index (χ0n) is 19.6. The fourth-order valence-electron chi connectivity index (χ4n) is 4.09. The van der Waals surface area contributed by atoms with E-state index in [4.69, 9.17) is 4.74 Å². The molecule has 4 rings (SSSR count). The number of amides is 2. The number of carbonyl (C=O) groups excluding carboxylic acids is 2. The molecule has 10 heteroatoms. The number of likely N-dealkylation sites (tertiary alicyclic amines) is 1. The van der Waals surface area contributed by atoms with Crippen molar-refractivity contribution in [3.05, 3.63) is 30.0 Å². The number of fused-ring (bicyclic) bond motifs is 1. The quantitative estimate of drug-likeness (QED) is 0.707. The fraction of sp³-hybridized carbons (Fsp3) is 0.478. The van der Waals surface area contributed by atoms with E-state index in [2.05, 4.69) is 32.5 Å². The highest BCUT2D eigenvalue weighted by Gasteiger charge is 2.24. The Morgan fingerprint density at radius 1 is 1.15 bits per heavy atom. The van der Waals surface area contributed by atoms with Gasteiger partial charge in [0, 0.05) is 38.7 Å². The lowest BCUT2D eigenvalue weighted by molar-refractivity contribution is -0.118. The molecular weight excluding hydrogens is 422 g/mol. The van der Waals surface area contributed by atoms with Crippen molar-refractivity contribution in [1.29, 1.82) is 0 Å². The van der Waals surface area contributed by atoms with Gasteiger partial charge < -0.3 is 30.1 Å². The highest BCUT2D eigenvalue weighted by atomic mass is 16.5. The lowest BCUT2D eigenvalue weighted by Gasteiger charge is -2.29. The van der Waals surface area contributed by atoms with Crippen LogP contribution in [0.2, 0.25) is 0 Å². The standard InChI is InChI=1S/C23H31N7O3/c1-28-10-7-16(8-11-28)25-22(32)15-5-6-17(19(13-15)33-4)26-23-24-14-18-21(27-23)29(2)12-9-20(31)30(18)3/h5-6,13-14,16H,7-12H2,1-4H3,(H,25,32)(H,24,26,27). The van der Waals surface area contributed by atoms with Crippen LogP contribution in [0.4, 0.5) is 23.1 Å². The predicted molar refractivity (Wildman–Crippen MR) is 128 cm³/mol. The molecule has 2 amide bonds. The Balaban J connectivity index is 1.51. The molecule has 1 saturated heterocycles. The van der Waals surface area contributed by atoms with E-state index < -0.39 is 0 Å². The van der Waals surface area contributed by atoms with E-state index in [0.29, 0.717) is 47.4 Å². The molecule has 33 heavy (non-hydrogen) atoms. The van der Waals surface area contributed by atoms with E-state index in [1.54, 1.807) is 43.5 Å². The topological polar surface area (TPSA) is 103 Å². The van der Waals surface area contributed by atoms with Crippen molar-refractivity contribution in [1.82, 2.24) is 20.2 Å². The molecule has 2 aromatic rings. The van der Waals surface area contributed by atoms with Gasteiger partial charge in [0.2, 0.25) is 11.9 Å². The maximum absolute atomic E-state index is 12.8. The van der Waals surface area contributed by atoms with E-state index in [9.17, 15) is 9.59 Å². The van der Waals surface area contributed by atoms with Gasteiger partial charge in [-0.15, -0.1) is 0 Å². The van der Waals surface area contributed by atoms with E-state index >= 15 is 0 Å². The minimum atomic E-state index is -0.106. The molecule has 1 aromatic heterocycles. The average molecular weight is 454 g/mol. The number of hydrogen-bond donors (Lipinski definition) is 2. The maximum atomic E-state index is 12.8. The van der Waals surface area contributed by atoms with Crippen LogP contribution in [0.15, 0.2) is 24.4 Å². The SMILES string of the molecule is COc1cc(C(=O)NC2CCN(C)CC2)ccc1Nc1ncc2c(n1)N(C)CCC(=O)N2C. The van der Waals surface area contributed by atoms with Crippen molar-refractivity contribution in [3.63, 3.8) is 0 Å². The molecule has 2 aliphatic rings. The van der Waals surface area contributed by atoms with Crippen LogP contribution in [0.1, 0.15) is 29.6 Å². The second-order valence-electron chi connectivity index (χ2n) is 8.62. The van der Waals surface area contributed by atoms with Gasteiger partial charge >= 0.3 is 0 Å². The van der Waals surface area contributed by atoms with E-state index in [0.717, 1.165) is 25.9 Å². The van der Waals surface area contributed by atoms with Gasteiger partial charge in [0.05, 0.1) is 19.0 Å². The van der Waals surface area contributed by atoms with Crippen LogP contribution in [0.3, 0.4) is 0 Å². The first-order chi connectivity index (χ1) is 15.9. The van der Waals surface area contributed by atoms with Gasteiger partial charge in [0.1, 0.15) is 11.4 Å². The van der Waals surface area contributed by atoms with Crippen LogP contribution in [0.25, 0.3) is 0 Å². The molecule has 0 unspecified atom stereocenters. The van der Waals surface area contributed by atoms with Gasteiger partial charge in [-0.05, 0) is 51.2 Å². The van der Waals surface area contributed by atoms with Gasteiger partial charge in [0.25, 0.3) is 5.91 Å². The van der Waals surface area contributed by atoms with Crippen molar-refractivity contribution in [2.45, 2.75) is 25.3 Å². The summed E-state index contributed by atoms with van der Waals surface area (Å²) in [5.74, 6) is 1.50. The van der Waals surface area contributed by atoms with Crippen LogP contribution in [-0.4, -0.2) is 80.6 Å². The molecule has 0 atom stereocenters. The Morgan fingerprint density at radius 3 is 2.64 bits per heavy atom. The molecule has 0 aliphatic carbocycles. The molecule has 10 nitrogen and oxygen atoms in total. The normalized spacial score (nSPS) is 17.4. The first-order valence-electron chi connectivity index (χ1n) is 11.1. The van der Waals surface area contributed by atoms with Crippen LogP contribution in [-0.2, 0) is 4.79 Å². The van der Waals surface area contributed by atoms with Crippen molar-refractivity contribution >= 4 is 35.0 Å². The molecule has 2 aliphatic heterocycles. The third-order valence-electron chi connectivity index (χ3n) is 6.27. The smallest absolute Gasteiger partial charge is 0.251 e. The van der Waals surface area contributed by atoms with Gasteiger partial charge in [0.15, 0.2) is 5.82 Å². The van der Waals surface area contributed by atoms with Crippen molar-refractivity contribution < 1.29 is 14.3 Å². The Bertz CT molecular complexity index is 1040. The van der Waals surface area contributed by atoms with E-state index in [1.807, 2.05) is 11.9 Å². The summed E-state index contributed by atoms with van der Waals surface area (Å²) in [4.78, 5) is 39.7. The number of hydrogen-bond acceptors (Lipinski definition) is 8. The second-order valence-corrected chi connectivity index (χ2v) is 8.62. The van der Waals surface area contributed by atoms with Crippen LogP contribution < -0.4 is 25.2 Å². The summed E-state index contributed by atoms with van der Waals surface area (Å²) in [6.07, 6.45) is 3.95. The van der Waals surface area contributed by atoms with Crippen LogP contribution in [0, 0.1) is 0 Å². The van der Waals surface area contributed by atoms with Crippen LogP contribution >= 0.6 is 0 Å². The Morgan fingerprint density at radius 2 is 1.91 bits per heavy atom. The first kappa shape index (κ1) is 22.8. The zero-order chi connectivity index (χ0) is 23.5. The molecule has 0 saturated carbocycles. The molecule has 3 heterocycles. The summed E-state index contributed by atoms with van der Waals surface area (Å²) in [6.45, 7) is 2.55. The van der Waals surface area contributed by atoms with E-state index in [1.165, 1.54) is 0 Å². The molecule has 1 fully saturated rings. The number of benzene rings is 1. The summed E-state index contributed by atoms with van der Waals surface area (Å²) in [6, 6.07) is 5.45. The number of anilines is 4. The lowest BCUT2D eigenvalue weighted by Crippen LogP contribution is -2.43. The molecule has 2 N–H and O–H groups in total. The summed E-state index contributed by atoms with van der Waals surface area (Å²) in [5.41, 5.74) is 1.85. The number of methoxy groups -OCH3 is 1. The van der Waals surface area contributed by atoms with Crippen LogP contribution in [0.5, 0.6) is 5.75 Å². The van der Waals surface area contributed by atoms with Gasteiger partial charge in [-0.3, -0.25) is 9.59 Å². The second kappa shape index (κ2) is 9.62. The number of piperidine rings is 1. The number of nitrogens with one attached hydrogen (secondary N) is 2. The maximum Gasteiger partial charge on any atom is 0.251 e. The third-order valence-corrected chi connectivity index (χ3v) is 6.27. The minimum Gasteiger partial charge on any atom is -0.495 e. The van der Waals surface area contributed by atoms with E-state index in [-0.39, 0.29) is 17.9 Å². The molecule has 176 valence electrons. The molecule has 0 spiro atoms. The van der Waals surface area contributed by atoms with Crippen molar-refractivity contribution in [2.75, 3.05) is 63.0 Å². The lowest BCUT2D eigenvalue weighted by atomic mass is 10.0. The number of carbonyl (C=O) groups is 2. The number of ether oxygens (including phenoxy) is 1. The monoisotopic (exact) mass is 453 g/mol. The predicted octanol–water partition coefficient (Wildman–Crippen LogP) is 1.86. The molecule has 0 bridgehead atoms. The number of nitrogens with zero attached hydrogens (tertiary/aromatic N) is 5. The molecule has 1 aromatic carbocycles. The summed E-state index contributed by atoms with van der Waals surface area (Å²) < 4.78 is 5.53. The van der Waals surface area contributed by atoms with Crippen molar-refractivity contribution in [3.8, 4) is 5.75 Å². The zero-order valence-corrected chi connectivity index (χ0v) is 19.6. The van der Waals surface area contributed by atoms with Gasteiger partial charge in [-0.1, -0.05) is 0 Å². The summed E-state index contributed by atoms with van der Waals surface area (Å²) in [7, 11) is 7.29. The van der Waals surface area contributed by atoms with Crippen molar-refractivity contribution in [2.24, 2.45) is 0 Å². The minimum absolute atomic E-state index is 0.0284. The first-order valence-corrected chi connectivity index (χ1v) is 11.1. The fourth-order valence-corrected chi connectivity index (χ4v) is 4.09. The molecular formula is C23H31N7O3. The van der Waals surface area contributed by atoms with Gasteiger partial charge in [-0.25, -0.2) is 4.98 Å². The number of aromatic nitrogens is 2.